The summed E-state index contributed by atoms with van der Waals surface area (Å²) in [6.07, 6.45) is 1.83. The van der Waals surface area contributed by atoms with E-state index in [-0.39, 0.29) is 0 Å². The number of nitrogens with zero attached hydrogens (tertiary/aromatic N) is 2. The second-order valence-electron chi connectivity index (χ2n) is 13.5. The van der Waals surface area contributed by atoms with Crippen LogP contribution in [0.3, 0.4) is 0 Å². The summed E-state index contributed by atoms with van der Waals surface area (Å²) in [5, 5.41) is 4.28. The van der Waals surface area contributed by atoms with Crippen molar-refractivity contribution >= 4 is 60.4 Å². The van der Waals surface area contributed by atoms with Gasteiger partial charge < -0.3 is 0 Å². The predicted molar refractivity (Wildman–Crippen MR) is 171 cm³/mol. The van der Waals surface area contributed by atoms with Gasteiger partial charge in [-0.15, -0.1) is 0 Å². The minimum atomic E-state index is -1.67. The van der Waals surface area contributed by atoms with Gasteiger partial charge in [0.15, 0.2) is 0 Å². The number of benzene rings is 2. The first-order chi connectivity index (χ1) is 17.3. The summed E-state index contributed by atoms with van der Waals surface area (Å²) in [5.41, 5.74) is 5.22. The predicted octanol–water partition coefficient (Wildman–Crippen LogP) is 7.98. The van der Waals surface area contributed by atoms with Gasteiger partial charge in [-0.1, -0.05) is 0 Å². The Morgan fingerprint density at radius 3 is 1.97 bits per heavy atom. The molecule has 198 valence electrons. The zero-order valence-electron chi connectivity index (χ0n) is 24.7. The molecule has 0 radical (unpaired) electrons. The molecule has 5 heteroatoms. The van der Waals surface area contributed by atoms with Crippen LogP contribution in [0.5, 0.6) is 0 Å². The second kappa shape index (κ2) is 10.9. The molecule has 4 rings (SSSR count). The SMILES string of the molecule is Cc1c([Si](CC(C)C)(CC(C)C)CC(C)C)[se]c2c(-c3cc([Si](C)(C)C)c4ccccc4c3)ncnc12. The van der Waals surface area contributed by atoms with Crippen LogP contribution >= 0.6 is 0 Å². The maximum absolute atomic E-state index is 4.99. The van der Waals surface area contributed by atoms with Crippen molar-refractivity contribution in [3.63, 3.8) is 0 Å². The van der Waals surface area contributed by atoms with E-state index in [1.807, 2.05) is 10.4 Å². The van der Waals surface area contributed by atoms with Crippen LogP contribution in [-0.2, 0) is 0 Å². The monoisotopic (exact) mass is 594 g/mol. The molecule has 0 aliphatic carbocycles. The van der Waals surface area contributed by atoms with Crippen LogP contribution in [0.1, 0.15) is 47.1 Å². The Balaban J connectivity index is 2.00. The van der Waals surface area contributed by atoms with E-state index in [0.717, 1.165) is 17.8 Å². The molecule has 0 atom stereocenters. The van der Waals surface area contributed by atoms with Crippen molar-refractivity contribution in [3.05, 3.63) is 48.3 Å². The van der Waals surface area contributed by atoms with Gasteiger partial charge in [0.1, 0.15) is 0 Å². The number of hydrogen-bond acceptors (Lipinski definition) is 2. The average molecular weight is 594 g/mol. The molecule has 0 unspecified atom stereocenters. The molecule has 0 saturated carbocycles. The molecule has 0 aliphatic rings. The number of aromatic nitrogens is 2. The van der Waals surface area contributed by atoms with Gasteiger partial charge in [0.2, 0.25) is 0 Å². The number of hydrogen-bond donors (Lipinski definition) is 0. The van der Waals surface area contributed by atoms with E-state index < -0.39 is 16.1 Å². The first-order valence-corrected chi connectivity index (χ1v) is 21.9. The first-order valence-electron chi connectivity index (χ1n) is 14.1. The quantitative estimate of drug-likeness (QED) is 0.184. The van der Waals surface area contributed by atoms with Crippen molar-refractivity contribution in [2.24, 2.45) is 17.8 Å². The number of aryl methyl sites for hydroxylation is 1. The molecule has 0 aliphatic heterocycles. The molecule has 37 heavy (non-hydrogen) atoms. The van der Waals surface area contributed by atoms with Gasteiger partial charge in [-0.2, -0.15) is 0 Å². The van der Waals surface area contributed by atoms with E-state index in [0.29, 0.717) is 14.5 Å². The summed E-state index contributed by atoms with van der Waals surface area (Å²) < 4.78 is 3.27. The van der Waals surface area contributed by atoms with Gasteiger partial charge in [0.25, 0.3) is 0 Å². The molecule has 2 aromatic heterocycles. The first kappa shape index (κ1) is 28.5. The Kier molecular flexibility index (Phi) is 8.41. The molecular weight excluding hydrogens is 547 g/mol. The molecule has 2 aromatic carbocycles. The van der Waals surface area contributed by atoms with Crippen LogP contribution in [0.2, 0.25) is 37.8 Å². The van der Waals surface area contributed by atoms with Crippen molar-refractivity contribution in [3.8, 4) is 11.3 Å². The third-order valence-electron chi connectivity index (χ3n) is 7.53. The topological polar surface area (TPSA) is 25.8 Å². The third-order valence-corrected chi connectivity index (χ3v) is 21.3. The second-order valence-corrected chi connectivity index (χ2v) is 25.8. The van der Waals surface area contributed by atoms with Crippen molar-refractivity contribution in [2.75, 3.05) is 0 Å². The zero-order valence-corrected chi connectivity index (χ0v) is 28.4. The van der Waals surface area contributed by atoms with Gasteiger partial charge >= 0.3 is 234 Å². The zero-order chi connectivity index (χ0) is 27.1. The van der Waals surface area contributed by atoms with E-state index in [1.54, 1.807) is 0 Å². The Morgan fingerprint density at radius 1 is 0.811 bits per heavy atom. The van der Waals surface area contributed by atoms with Gasteiger partial charge in [-0.3, -0.25) is 0 Å². The van der Waals surface area contributed by atoms with Crippen LogP contribution in [0.4, 0.5) is 0 Å². The molecular formula is C32H46N2SeSi2. The Hall–Kier alpha value is -1.53. The van der Waals surface area contributed by atoms with Gasteiger partial charge in [-0.25, -0.2) is 0 Å². The van der Waals surface area contributed by atoms with Crippen LogP contribution in [0, 0.1) is 24.7 Å². The summed E-state index contributed by atoms with van der Waals surface area (Å²) in [4.78, 5) is 9.93. The van der Waals surface area contributed by atoms with Gasteiger partial charge in [-0.05, 0) is 0 Å². The average Bonchev–Trinajstić information content (AvgIpc) is 3.13. The fourth-order valence-electron chi connectivity index (χ4n) is 6.68. The van der Waals surface area contributed by atoms with Gasteiger partial charge in [0, 0.05) is 0 Å². The number of rotatable bonds is 9. The normalized spacial score (nSPS) is 13.1. The molecule has 0 spiro atoms. The van der Waals surface area contributed by atoms with Crippen molar-refractivity contribution < 1.29 is 0 Å². The summed E-state index contributed by atoms with van der Waals surface area (Å²) in [6, 6.07) is 18.0. The van der Waals surface area contributed by atoms with Gasteiger partial charge in [0.05, 0.1) is 0 Å². The molecule has 0 saturated heterocycles. The summed E-state index contributed by atoms with van der Waals surface area (Å²) >= 11 is 0.297. The van der Waals surface area contributed by atoms with E-state index >= 15 is 0 Å². The summed E-state index contributed by atoms with van der Waals surface area (Å²) in [7, 11) is -3.22. The van der Waals surface area contributed by atoms with E-state index in [1.165, 1.54) is 60.7 Å². The number of fused-ring (bicyclic) bond motifs is 2. The molecule has 4 aromatic rings. The molecule has 0 amide bonds. The van der Waals surface area contributed by atoms with E-state index in [2.05, 4.69) is 105 Å². The molecule has 0 N–H and O–H groups in total. The molecule has 0 fully saturated rings. The fourth-order valence-corrected chi connectivity index (χ4v) is 20.8. The van der Waals surface area contributed by atoms with Crippen molar-refractivity contribution in [1.82, 2.24) is 9.97 Å². The summed E-state index contributed by atoms with van der Waals surface area (Å²) in [6.45, 7) is 24.4. The molecule has 0 bridgehead atoms. The Morgan fingerprint density at radius 2 is 1.41 bits per heavy atom. The Labute approximate surface area is 233 Å². The van der Waals surface area contributed by atoms with E-state index in [4.69, 9.17) is 9.97 Å². The van der Waals surface area contributed by atoms with Crippen molar-refractivity contribution in [1.29, 1.82) is 0 Å². The molecule has 2 heterocycles. The van der Waals surface area contributed by atoms with E-state index in [9.17, 15) is 0 Å². The van der Waals surface area contributed by atoms with Crippen LogP contribution in [-0.4, -0.2) is 40.6 Å². The Bertz CT molecular complexity index is 1370. The molecule has 2 nitrogen and oxygen atoms in total. The fraction of sp³-hybridized carbons (Fsp3) is 0.500. The van der Waals surface area contributed by atoms with Crippen LogP contribution in [0.25, 0.3) is 31.8 Å². The van der Waals surface area contributed by atoms with Crippen LogP contribution in [0.15, 0.2) is 42.7 Å². The summed E-state index contributed by atoms with van der Waals surface area (Å²) in [5.74, 6) is 2.19. The van der Waals surface area contributed by atoms with Crippen molar-refractivity contribution in [2.45, 2.75) is 86.2 Å². The minimum absolute atomic E-state index is 0.297. The standard InChI is InChI=1S/C32H46N2SeSi2/c1-21(2)17-37(18-22(3)4,19-23(5)6)32-24(7)29-31(35-32)30(34-20-33-29)26-15-25-13-11-12-14-27(25)28(16-26)36(8,9)10/h11-16,20-23H,17-19H2,1-10H3. The maximum atomic E-state index is 4.99. The third kappa shape index (κ3) is 5.90. The van der Waals surface area contributed by atoms with Crippen LogP contribution < -0.4 is 9.25 Å².